The fourth-order valence-corrected chi connectivity index (χ4v) is 1.97. The zero-order valence-electron chi connectivity index (χ0n) is 10.7. The van der Waals surface area contributed by atoms with Crippen LogP contribution in [0.4, 0.5) is 14.5 Å². The van der Waals surface area contributed by atoms with Crippen molar-refractivity contribution >= 4 is 5.69 Å². The molecule has 19 heavy (non-hydrogen) atoms. The Bertz CT molecular complexity index is 553. The average molecular weight is 262 g/mol. The standard InChI is InChI=1S/C15H16F2N2/c1-19(9-11-5-7-13(16)8-6-11)10-12-3-2-4-14(18)15(12)17/h2-8H,9-10,18H2,1H3. The van der Waals surface area contributed by atoms with Crippen molar-refractivity contribution in [3.8, 4) is 0 Å². The Labute approximate surface area is 111 Å². The van der Waals surface area contributed by atoms with E-state index >= 15 is 0 Å². The molecule has 100 valence electrons. The summed E-state index contributed by atoms with van der Waals surface area (Å²) in [6.45, 7) is 1.07. The van der Waals surface area contributed by atoms with E-state index < -0.39 is 0 Å². The van der Waals surface area contributed by atoms with Crippen molar-refractivity contribution in [2.75, 3.05) is 12.8 Å². The van der Waals surface area contributed by atoms with Crippen molar-refractivity contribution in [1.29, 1.82) is 0 Å². The molecule has 0 radical (unpaired) electrons. The van der Waals surface area contributed by atoms with Crippen LogP contribution >= 0.6 is 0 Å². The van der Waals surface area contributed by atoms with E-state index in [9.17, 15) is 8.78 Å². The molecule has 4 heteroatoms. The maximum Gasteiger partial charge on any atom is 0.150 e. The fraction of sp³-hybridized carbons (Fsp3) is 0.200. The average Bonchev–Trinajstić information content (AvgIpc) is 2.38. The second kappa shape index (κ2) is 5.80. The third kappa shape index (κ3) is 3.51. The minimum Gasteiger partial charge on any atom is -0.396 e. The molecule has 2 nitrogen and oxygen atoms in total. The molecule has 0 saturated carbocycles. The van der Waals surface area contributed by atoms with E-state index in [2.05, 4.69) is 0 Å². The van der Waals surface area contributed by atoms with E-state index in [0.717, 1.165) is 5.56 Å². The van der Waals surface area contributed by atoms with Gasteiger partial charge < -0.3 is 5.73 Å². The molecule has 0 heterocycles. The minimum absolute atomic E-state index is 0.160. The van der Waals surface area contributed by atoms with Gasteiger partial charge in [-0.05, 0) is 30.8 Å². The normalized spacial score (nSPS) is 10.9. The lowest BCUT2D eigenvalue weighted by Crippen LogP contribution is -2.18. The summed E-state index contributed by atoms with van der Waals surface area (Å²) in [6, 6.07) is 11.3. The Morgan fingerprint density at radius 3 is 2.37 bits per heavy atom. The molecule has 0 bridgehead atoms. The third-order valence-corrected chi connectivity index (χ3v) is 2.91. The van der Waals surface area contributed by atoms with E-state index in [0.29, 0.717) is 18.7 Å². The summed E-state index contributed by atoms with van der Waals surface area (Å²) in [5.41, 5.74) is 7.23. The number of benzene rings is 2. The van der Waals surface area contributed by atoms with Crippen LogP contribution in [0.25, 0.3) is 0 Å². The van der Waals surface area contributed by atoms with Crippen LogP contribution in [0, 0.1) is 11.6 Å². The molecule has 0 aliphatic heterocycles. The fourth-order valence-electron chi connectivity index (χ4n) is 1.97. The number of nitrogens with two attached hydrogens (primary N) is 1. The lowest BCUT2D eigenvalue weighted by molar-refractivity contribution is 0.313. The molecule has 0 aliphatic rings. The molecule has 0 aromatic heterocycles. The van der Waals surface area contributed by atoms with Crippen LogP contribution in [-0.4, -0.2) is 11.9 Å². The molecule has 0 fully saturated rings. The summed E-state index contributed by atoms with van der Waals surface area (Å²) in [6.07, 6.45) is 0. The Hall–Kier alpha value is -1.94. The predicted octanol–water partition coefficient (Wildman–Crippen LogP) is 3.18. The molecular weight excluding hydrogens is 246 g/mol. The van der Waals surface area contributed by atoms with Crippen molar-refractivity contribution in [2.24, 2.45) is 0 Å². The van der Waals surface area contributed by atoms with Crippen LogP contribution < -0.4 is 5.73 Å². The van der Waals surface area contributed by atoms with Gasteiger partial charge in [0.05, 0.1) is 5.69 Å². The van der Waals surface area contributed by atoms with E-state index in [-0.39, 0.29) is 17.3 Å². The molecule has 0 saturated heterocycles. The Kier molecular flexibility index (Phi) is 4.12. The first-order valence-electron chi connectivity index (χ1n) is 6.02. The highest BCUT2D eigenvalue weighted by Gasteiger charge is 2.08. The van der Waals surface area contributed by atoms with Gasteiger partial charge in [-0.3, -0.25) is 4.90 Å². The first-order chi connectivity index (χ1) is 9.06. The van der Waals surface area contributed by atoms with Crippen LogP contribution in [0.2, 0.25) is 0 Å². The Balaban J connectivity index is 2.03. The first-order valence-corrected chi connectivity index (χ1v) is 6.02. The summed E-state index contributed by atoms with van der Waals surface area (Å²) >= 11 is 0. The topological polar surface area (TPSA) is 29.3 Å². The second-order valence-electron chi connectivity index (χ2n) is 4.62. The Morgan fingerprint density at radius 1 is 1.00 bits per heavy atom. The number of anilines is 1. The number of rotatable bonds is 4. The van der Waals surface area contributed by atoms with E-state index in [1.807, 2.05) is 11.9 Å². The predicted molar refractivity (Wildman–Crippen MR) is 72.4 cm³/mol. The molecule has 0 amide bonds. The van der Waals surface area contributed by atoms with Crippen molar-refractivity contribution in [1.82, 2.24) is 4.90 Å². The number of nitrogens with zero attached hydrogens (tertiary/aromatic N) is 1. The Morgan fingerprint density at radius 2 is 1.68 bits per heavy atom. The largest absolute Gasteiger partial charge is 0.396 e. The van der Waals surface area contributed by atoms with Gasteiger partial charge in [-0.1, -0.05) is 24.3 Å². The molecule has 0 unspecified atom stereocenters. The molecular formula is C15H16F2N2. The lowest BCUT2D eigenvalue weighted by Gasteiger charge is -2.17. The number of hydrogen-bond acceptors (Lipinski definition) is 2. The summed E-state index contributed by atoms with van der Waals surface area (Å²) < 4.78 is 26.5. The number of halogens is 2. The van der Waals surface area contributed by atoms with Gasteiger partial charge in [0, 0.05) is 18.7 Å². The van der Waals surface area contributed by atoms with Gasteiger partial charge in [-0.25, -0.2) is 8.78 Å². The van der Waals surface area contributed by atoms with Gasteiger partial charge in [0.15, 0.2) is 5.82 Å². The van der Waals surface area contributed by atoms with Crippen molar-refractivity contribution < 1.29 is 8.78 Å². The first kappa shape index (κ1) is 13.5. The summed E-state index contributed by atoms with van der Waals surface area (Å²) in [5.74, 6) is -0.623. The van der Waals surface area contributed by atoms with Gasteiger partial charge >= 0.3 is 0 Å². The monoisotopic (exact) mass is 262 g/mol. The smallest absolute Gasteiger partial charge is 0.150 e. The summed E-state index contributed by atoms with van der Waals surface area (Å²) in [7, 11) is 1.88. The molecule has 0 atom stereocenters. The van der Waals surface area contributed by atoms with Crippen LogP contribution in [0.5, 0.6) is 0 Å². The van der Waals surface area contributed by atoms with Crippen LogP contribution in [0.1, 0.15) is 11.1 Å². The van der Waals surface area contributed by atoms with Gasteiger partial charge in [0.25, 0.3) is 0 Å². The molecule has 0 spiro atoms. The van der Waals surface area contributed by atoms with E-state index in [1.165, 1.54) is 12.1 Å². The SMILES string of the molecule is CN(Cc1ccc(F)cc1)Cc1cccc(N)c1F. The minimum atomic E-state index is -0.367. The van der Waals surface area contributed by atoms with E-state index in [1.54, 1.807) is 30.3 Å². The number of nitrogen functional groups attached to an aromatic ring is 1. The maximum absolute atomic E-state index is 13.8. The summed E-state index contributed by atoms with van der Waals surface area (Å²) in [4.78, 5) is 1.95. The van der Waals surface area contributed by atoms with Gasteiger partial charge in [-0.15, -0.1) is 0 Å². The highest BCUT2D eigenvalue weighted by Crippen LogP contribution is 2.17. The molecule has 2 aromatic rings. The second-order valence-corrected chi connectivity index (χ2v) is 4.62. The highest BCUT2D eigenvalue weighted by molar-refractivity contribution is 5.42. The quantitative estimate of drug-likeness (QED) is 0.857. The van der Waals surface area contributed by atoms with Crippen molar-refractivity contribution in [2.45, 2.75) is 13.1 Å². The van der Waals surface area contributed by atoms with Gasteiger partial charge in [0.1, 0.15) is 5.82 Å². The van der Waals surface area contributed by atoms with Gasteiger partial charge in [0.2, 0.25) is 0 Å². The third-order valence-electron chi connectivity index (χ3n) is 2.91. The zero-order chi connectivity index (χ0) is 13.8. The van der Waals surface area contributed by atoms with Crippen LogP contribution in [0.3, 0.4) is 0 Å². The van der Waals surface area contributed by atoms with Crippen molar-refractivity contribution in [3.63, 3.8) is 0 Å². The summed E-state index contributed by atoms with van der Waals surface area (Å²) in [5, 5.41) is 0. The van der Waals surface area contributed by atoms with Crippen LogP contribution in [0.15, 0.2) is 42.5 Å². The van der Waals surface area contributed by atoms with Crippen molar-refractivity contribution in [3.05, 3.63) is 65.2 Å². The molecule has 0 aliphatic carbocycles. The lowest BCUT2D eigenvalue weighted by atomic mass is 10.1. The molecule has 2 aromatic carbocycles. The van der Waals surface area contributed by atoms with Gasteiger partial charge in [-0.2, -0.15) is 0 Å². The van der Waals surface area contributed by atoms with Crippen LogP contribution in [-0.2, 0) is 13.1 Å². The number of hydrogen-bond donors (Lipinski definition) is 1. The van der Waals surface area contributed by atoms with E-state index in [4.69, 9.17) is 5.73 Å². The molecule has 2 rings (SSSR count). The zero-order valence-corrected chi connectivity index (χ0v) is 10.7. The highest BCUT2D eigenvalue weighted by atomic mass is 19.1. The molecule has 2 N–H and O–H groups in total. The maximum atomic E-state index is 13.8.